The Morgan fingerprint density at radius 1 is 1.42 bits per heavy atom. The van der Waals surface area contributed by atoms with E-state index in [4.69, 9.17) is 0 Å². The van der Waals surface area contributed by atoms with Crippen molar-refractivity contribution >= 4 is 33.4 Å². The SMILES string of the molecule is CC(=O)N(CCNC(=O)C1CC1)c1cccc(Br)c1. The highest BCUT2D eigenvalue weighted by molar-refractivity contribution is 9.10. The Labute approximate surface area is 121 Å². The second kappa shape index (κ2) is 6.19. The highest BCUT2D eigenvalue weighted by atomic mass is 79.9. The third-order valence-electron chi connectivity index (χ3n) is 3.08. The third-order valence-corrected chi connectivity index (χ3v) is 3.58. The summed E-state index contributed by atoms with van der Waals surface area (Å²) in [5.41, 5.74) is 0.836. The van der Waals surface area contributed by atoms with Crippen LogP contribution in [0.2, 0.25) is 0 Å². The summed E-state index contributed by atoms with van der Waals surface area (Å²) in [4.78, 5) is 24.9. The Kier molecular flexibility index (Phi) is 4.58. The Hall–Kier alpha value is -1.36. The molecule has 1 aliphatic rings. The molecule has 19 heavy (non-hydrogen) atoms. The molecule has 1 aromatic carbocycles. The average Bonchev–Trinajstić information content (AvgIpc) is 3.18. The summed E-state index contributed by atoms with van der Waals surface area (Å²) in [7, 11) is 0. The number of amides is 2. The first kappa shape index (κ1) is 14.1. The molecular formula is C14H17BrN2O2. The number of nitrogens with zero attached hydrogens (tertiary/aromatic N) is 1. The summed E-state index contributed by atoms with van der Waals surface area (Å²) in [5, 5.41) is 2.87. The van der Waals surface area contributed by atoms with Crippen LogP contribution in [0, 0.1) is 5.92 Å². The van der Waals surface area contributed by atoms with Crippen molar-refractivity contribution in [3.05, 3.63) is 28.7 Å². The van der Waals surface area contributed by atoms with Gasteiger partial charge in [-0.05, 0) is 31.0 Å². The van der Waals surface area contributed by atoms with Crippen molar-refractivity contribution in [2.24, 2.45) is 5.92 Å². The molecule has 2 rings (SSSR count). The molecule has 0 atom stereocenters. The Bertz CT molecular complexity index is 486. The fraction of sp³-hybridized carbons (Fsp3) is 0.429. The molecule has 0 bridgehead atoms. The third kappa shape index (κ3) is 4.06. The fourth-order valence-corrected chi connectivity index (χ4v) is 2.28. The van der Waals surface area contributed by atoms with E-state index in [0.29, 0.717) is 13.1 Å². The van der Waals surface area contributed by atoms with Crippen molar-refractivity contribution in [3.8, 4) is 0 Å². The first-order valence-electron chi connectivity index (χ1n) is 6.39. The molecule has 1 aromatic rings. The molecule has 0 aromatic heterocycles. The van der Waals surface area contributed by atoms with Crippen molar-refractivity contribution in [1.82, 2.24) is 5.32 Å². The minimum Gasteiger partial charge on any atom is -0.354 e. The van der Waals surface area contributed by atoms with Crippen LogP contribution in [0.3, 0.4) is 0 Å². The van der Waals surface area contributed by atoms with Crippen LogP contribution in [0.4, 0.5) is 5.69 Å². The number of rotatable bonds is 5. The number of benzene rings is 1. The zero-order valence-electron chi connectivity index (χ0n) is 10.9. The molecule has 0 heterocycles. The molecule has 0 spiro atoms. The molecule has 1 aliphatic carbocycles. The van der Waals surface area contributed by atoms with Crippen LogP contribution < -0.4 is 10.2 Å². The number of hydrogen-bond donors (Lipinski definition) is 1. The number of nitrogens with one attached hydrogen (secondary N) is 1. The predicted octanol–water partition coefficient (Wildman–Crippen LogP) is 2.33. The van der Waals surface area contributed by atoms with E-state index >= 15 is 0 Å². The van der Waals surface area contributed by atoms with Crippen molar-refractivity contribution in [1.29, 1.82) is 0 Å². The van der Waals surface area contributed by atoms with Crippen LogP contribution in [-0.2, 0) is 9.59 Å². The molecule has 1 N–H and O–H groups in total. The van der Waals surface area contributed by atoms with Crippen molar-refractivity contribution in [3.63, 3.8) is 0 Å². The molecule has 1 fully saturated rings. The summed E-state index contributed by atoms with van der Waals surface area (Å²) < 4.78 is 0.929. The van der Waals surface area contributed by atoms with Crippen molar-refractivity contribution < 1.29 is 9.59 Å². The zero-order valence-corrected chi connectivity index (χ0v) is 12.4. The lowest BCUT2D eigenvalue weighted by Crippen LogP contribution is -2.38. The van der Waals surface area contributed by atoms with Crippen LogP contribution in [-0.4, -0.2) is 24.9 Å². The first-order chi connectivity index (χ1) is 9.08. The second-order valence-electron chi connectivity index (χ2n) is 4.72. The van der Waals surface area contributed by atoms with Crippen LogP contribution in [0.15, 0.2) is 28.7 Å². The molecule has 4 nitrogen and oxygen atoms in total. The highest BCUT2D eigenvalue weighted by Crippen LogP contribution is 2.28. The van der Waals surface area contributed by atoms with E-state index in [-0.39, 0.29) is 17.7 Å². The molecule has 1 saturated carbocycles. The van der Waals surface area contributed by atoms with Crippen molar-refractivity contribution in [2.45, 2.75) is 19.8 Å². The minimum atomic E-state index is -0.0289. The predicted molar refractivity (Wildman–Crippen MR) is 77.9 cm³/mol. The monoisotopic (exact) mass is 324 g/mol. The van der Waals surface area contributed by atoms with Gasteiger partial charge in [-0.1, -0.05) is 22.0 Å². The van der Waals surface area contributed by atoms with Gasteiger partial charge in [0.15, 0.2) is 0 Å². The summed E-state index contributed by atoms with van der Waals surface area (Å²) in [6, 6.07) is 7.58. The summed E-state index contributed by atoms with van der Waals surface area (Å²) >= 11 is 3.39. The first-order valence-corrected chi connectivity index (χ1v) is 7.18. The maximum absolute atomic E-state index is 11.7. The van der Waals surface area contributed by atoms with Crippen molar-refractivity contribution in [2.75, 3.05) is 18.0 Å². The molecule has 0 radical (unpaired) electrons. The lowest BCUT2D eigenvalue weighted by molar-refractivity contribution is -0.122. The van der Waals surface area contributed by atoms with Gasteiger partial charge < -0.3 is 10.2 Å². The standard InChI is InChI=1S/C14H17BrN2O2/c1-10(18)17(13-4-2-3-12(15)9-13)8-7-16-14(19)11-5-6-11/h2-4,9,11H,5-8H2,1H3,(H,16,19). The van der Waals surface area contributed by atoms with Crippen LogP contribution in [0.25, 0.3) is 0 Å². The average molecular weight is 325 g/mol. The van der Waals surface area contributed by atoms with E-state index < -0.39 is 0 Å². The van der Waals surface area contributed by atoms with E-state index in [1.54, 1.807) is 4.90 Å². The molecular weight excluding hydrogens is 308 g/mol. The van der Waals surface area contributed by atoms with E-state index in [1.807, 2.05) is 24.3 Å². The van der Waals surface area contributed by atoms with Gasteiger partial charge in [0, 0.05) is 36.1 Å². The maximum atomic E-state index is 11.7. The summed E-state index contributed by atoms with van der Waals surface area (Å²) in [6.45, 7) is 2.51. The van der Waals surface area contributed by atoms with Gasteiger partial charge in [0.1, 0.15) is 0 Å². The molecule has 0 saturated heterocycles. The quantitative estimate of drug-likeness (QED) is 0.903. The second-order valence-corrected chi connectivity index (χ2v) is 5.63. The maximum Gasteiger partial charge on any atom is 0.223 e. The molecule has 5 heteroatoms. The van der Waals surface area contributed by atoms with Gasteiger partial charge in [-0.2, -0.15) is 0 Å². The van der Waals surface area contributed by atoms with Gasteiger partial charge in [-0.3, -0.25) is 9.59 Å². The number of carbonyl (C=O) groups excluding carboxylic acids is 2. The minimum absolute atomic E-state index is 0.0289. The van der Waals surface area contributed by atoms with E-state index in [1.165, 1.54) is 6.92 Å². The summed E-state index contributed by atoms with van der Waals surface area (Å²) in [6.07, 6.45) is 1.99. The highest BCUT2D eigenvalue weighted by Gasteiger charge is 2.29. The fourth-order valence-electron chi connectivity index (χ4n) is 1.89. The summed E-state index contributed by atoms with van der Waals surface area (Å²) in [5.74, 6) is 0.285. The van der Waals surface area contributed by atoms with E-state index in [0.717, 1.165) is 23.0 Å². The van der Waals surface area contributed by atoms with Gasteiger partial charge in [0.2, 0.25) is 11.8 Å². The number of halogens is 1. The number of carbonyl (C=O) groups is 2. The Morgan fingerprint density at radius 3 is 2.74 bits per heavy atom. The smallest absolute Gasteiger partial charge is 0.223 e. The normalized spacial score (nSPS) is 14.0. The Balaban J connectivity index is 1.92. The Morgan fingerprint density at radius 2 is 2.16 bits per heavy atom. The molecule has 2 amide bonds. The topological polar surface area (TPSA) is 49.4 Å². The lowest BCUT2D eigenvalue weighted by atomic mass is 10.3. The lowest BCUT2D eigenvalue weighted by Gasteiger charge is -2.21. The number of anilines is 1. The van der Waals surface area contributed by atoms with Crippen LogP contribution >= 0.6 is 15.9 Å². The van der Waals surface area contributed by atoms with Gasteiger partial charge >= 0.3 is 0 Å². The molecule has 0 unspecified atom stereocenters. The van der Waals surface area contributed by atoms with E-state index in [9.17, 15) is 9.59 Å². The van der Waals surface area contributed by atoms with E-state index in [2.05, 4.69) is 21.2 Å². The zero-order chi connectivity index (χ0) is 13.8. The number of hydrogen-bond acceptors (Lipinski definition) is 2. The van der Waals surface area contributed by atoms with Gasteiger partial charge in [-0.15, -0.1) is 0 Å². The largest absolute Gasteiger partial charge is 0.354 e. The van der Waals surface area contributed by atoms with Crippen LogP contribution in [0.5, 0.6) is 0 Å². The van der Waals surface area contributed by atoms with Gasteiger partial charge in [-0.25, -0.2) is 0 Å². The molecule has 0 aliphatic heterocycles. The van der Waals surface area contributed by atoms with Crippen LogP contribution in [0.1, 0.15) is 19.8 Å². The molecule has 102 valence electrons. The van der Waals surface area contributed by atoms with Gasteiger partial charge in [0.05, 0.1) is 0 Å². The van der Waals surface area contributed by atoms with Gasteiger partial charge in [0.25, 0.3) is 0 Å².